The molecule has 0 aliphatic carbocycles. The van der Waals surface area contributed by atoms with E-state index in [0.717, 1.165) is 28.6 Å². The Morgan fingerprint density at radius 2 is 2.04 bits per heavy atom. The highest BCUT2D eigenvalue weighted by atomic mass is 35.5. The Bertz CT molecular complexity index is 1060. The third-order valence-corrected chi connectivity index (χ3v) is 5.32. The molecule has 2 aromatic carbocycles. The van der Waals surface area contributed by atoms with Crippen molar-refractivity contribution in [1.29, 1.82) is 0 Å². The van der Waals surface area contributed by atoms with Crippen molar-refractivity contribution in [2.24, 2.45) is 0 Å². The van der Waals surface area contributed by atoms with Gasteiger partial charge in [-0.15, -0.1) is 0 Å². The van der Waals surface area contributed by atoms with Gasteiger partial charge in [0.2, 0.25) is 0 Å². The fourth-order valence-corrected chi connectivity index (χ4v) is 3.94. The molecule has 1 aliphatic rings. The lowest BCUT2D eigenvalue weighted by Gasteiger charge is -2.35. The molecule has 1 unspecified atom stereocenters. The average molecular weight is 409 g/mol. The van der Waals surface area contributed by atoms with Crippen LogP contribution in [0.5, 0.6) is 0 Å². The summed E-state index contributed by atoms with van der Waals surface area (Å²) in [6.07, 6.45) is -4.02. The predicted molar refractivity (Wildman–Crippen MR) is 99.3 cm³/mol. The number of hydrogen-bond acceptors (Lipinski definition) is 2. The van der Waals surface area contributed by atoms with Crippen molar-refractivity contribution in [3.8, 4) is 0 Å². The molecule has 1 amide bonds. The van der Waals surface area contributed by atoms with Gasteiger partial charge in [0.25, 0.3) is 5.91 Å². The lowest BCUT2D eigenvalue weighted by atomic mass is 9.96. The van der Waals surface area contributed by atoms with E-state index in [1.54, 1.807) is 6.07 Å². The van der Waals surface area contributed by atoms with Crippen molar-refractivity contribution < 1.29 is 23.1 Å². The average Bonchev–Trinajstić information content (AvgIpc) is 3.04. The van der Waals surface area contributed by atoms with Gasteiger partial charge in [0, 0.05) is 33.7 Å². The smallest absolute Gasteiger partial charge is 0.394 e. The molecular formula is C20H16ClF3N2O2. The van der Waals surface area contributed by atoms with Gasteiger partial charge < -0.3 is 15.0 Å². The number of alkyl halides is 3. The lowest BCUT2D eigenvalue weighted by molar-refractivity contribution is -0.137. The van der Waals surface area contributed by atoms with E-state index >= 15 is 0 Å². The minimum absolute atomic E-state index is 0.0594. The normalized spacial score (nSPS) is 17.0. The molecule has 0 saturated carbocycles. The number of benzene rings is 2. The molecule has 0 bridgehead atoms. The van der Waals surface area contributed by atoms with E-state index < -0.39 is 23.7 Å². The Hall–Kier alpha value is -2.51. The Labute approximate surface area is 163 Å². The van der Waals surface area contributed by atoms with Crippen molar-refractivity contribution in [2.45, 2.75) is 18.6 Å². The second-order valence-corrected chi connectivity index (χ2v) is 7.17. The van der Waals surface area contributed by atoms with Gasteiger partial charge in [-0.1, -0.05) is 17.7 Å². The third-order valence-electron chi connectivity index (χ3n) is 5.08. The van der Waals surface area contributed by atoms with Crippen LogP contribution in [0, 0.1) is 0 Å². The van der Waals surface area contributed by atoms with Gasteiger partial charge in [-0.3, -0.25) is 4.79 Å². The second-order valence-electron chi connectivity index (χ2n) is 6.73. The first-order valence-electron chi connectivity index (χ1n) is 8.68. The number of nitrogens with zero attached hydrogens (tertiary/aromatic N) is 1. The van der Waals surface area contributed by atoms with Crippen LogP contribution in [0.1, 0.15) is 33.2 Å². The molecule has 4 nitrogen and oxygen atoms in total. The summed E-state index contributed by atoms with van der Waals surface area (Å²) in [5, 5.41) is 11.5. The molecule has 146 valence electrons. The van der Waals surface area contributed by atoms with Crippen LogP contribution in [-0.4, -0.2) is 34.0 Å². The summed E-state index contributed by atoms with van der Waals surface area (Å²) in [6, 6.07) is 9.06. The number of H-pyrrole nitrogens is 1. The van der Waals surface area contributed by atoms with Crippen LogP contribution in [0.4, 0.5) is 13.2 Å². The molecule has 2 N–H and O–H groups in total. The standard InChI is InChI=1S/C20H16ClF3N2O2/c21-13-4-5-16-15(9-13)14-6-7-26(17(10-27)18(14)25-16)19(28)11-2-1-3-12(8-11)20(22,23)24/h1-5,8-9,17,25,27H,6-7,10H2. The molecule has 0 spiro atoms. The predicted octanol–water partition coefficient (Wildman–Crippen LogP) is 4.57. The molecule has 1 atom stereocenters. The number of nitrogens with one attached hydrogen (secondary N) is 1. The van der Waals surface area contributed by atoms with Crippen LogP contribution >= 0.6 is 11.6 Å². The molecule has 0 fully saturated rings. The van der Waals surface area contributed by atoms with Crippen LogP contribution in [0.25, 0.3) is 10.9 Å². The van der Waals surface area contributed by atoms with E-state index in [0.29, 0.717) is 17.1 Å². The number of aromatic nitrogens is 1. The molecule has 3 aromatic rings. The topological polar surface area (TPSA) is 56.3 Å². The number of aliphatic hydroxyl groups excluding tert-OH is 1. The number of aromatic amines is 1. The molecule has 28 heavy (non-hydrogen) atoms. The monoisotopic (exact) mass is 408 g/mol. The molecule has 4 rings (SSSR count). The highest BCUT2D eigenvalue weighted by Crippen LogP contribution is 2.36. The minimum atomic E-state index is -4.53. The summed E-state index contributed by atoms with van der Waals surface area (Å²) in [4.78, 5) is 17.6. The second kappa shape index (κ2) is 6.83. The molecule has 0 saturated heterocycles. The number of halogens is 4. The lowest BCUT2D eigenvalue weighted by Crippen LogP contribution is -2.41. The van der Waals surface area contributed by atoms with Crippen molar-refractivity contribution in [3.63, 3.8) is 0 Å². The van der Waals surface area contributed by atoms with E-state index in [-0.39, 0.29) is 18.7 Å². The molecule has 0 radical (unpaired) electrons. The van der Waals surface area contributed by atoms with Crippen LogP contribution in [0.15, 0.2) is 42.5 Å². The first-order valence-corrected chi connectivity index (χ1v) is 9.06. The Kier molecular flexibility index (Phi) is 4.59. The van der Waals surface area contributed by atoms with E-state index in [4.69, 9.17) is 11.6 Å². The number of aliphatic hydroxyl groups is 1. The minimum Gasteiger partial charge on any atom is -0.394 e. The van der Waals surface area contributed by atoms with E-state index in [1.165, 1.54) is 17.0 Å². The Morgan fingerprint density at radius 3 is 2.75 bits per heavy atom. The molecule has 1 aliphatic heterocycles. The zero-order chi connectivity index (χ0) is 20.1. The zero-order valence-electron chi connectivity index (χ0n) is 14.6. The highest BCUT2D eigenvalue weighted by Gasteiger charge is 2.35. The molecular weight excluding hydrogens is 393 g/mol. The van der Waals surface area contributed by atoms with Gasteiger partial charge in [0.05, 0.1) is 18.2 Å². The molecule has 1 aromatic heterocycles. The van der Waals surface area contributed by atoms with E-state index in [1.807, 2.05) is 12.1 Å². The maximum Gasteiger partial charge on any atom is 0.416 e. The SMILES string of the molecule is O=C(c1cccc(C(F)(F)F)c1)N1CCc2c([nH]c3ccc(Cl)cc23)C1CO. The van der Waals surface area contributed by atoms with Gasteiger partial charge in [-0.2, -0.15) is 13.2 Å². The highest BCUT2D eigenvalue weighted by molar-refractivity contribution is 6.31. The maximum atomic E-state index is 13.0. The van der Waals surface area contributed by atoms with Crippen molar-refractivity contribution in [3.05, 3.63) is 69.9 Å². The van der Waals surface area contributed by atoms with Crippen LogP contribution < -0.4 is 0 Å². The van der Waals surface area contributed by atoms with E-state index in [9.17, 15) is 23.1 Å². The number of rotatable bonds is 2. The van der Waals surface area contributed by atoms with E-state index in [2.05, 4.69) is 4.98 Å². The summed E-state index contributed by atoms with van der Waals surface area (Å²) in [5.41, 5.74) is 1.55. The van der Waals surface area contributed by atoms with Crippen molar-refractivity contribution in [1.82, 2.24) is 9.88 Å². The van der Waals surface area contributed by atoms with Gasteiger partial charge in [-0.05, 0) is 48.4 Å². The van der Waals surface area contributed by atoms with Crippen molar-refractivity contribution in [2.75, 3.05) is 13.2 Å². The summed E-state index contributed by atoms with van der Waals surface area (Å²) < 4.78 is 39.0. The summed E-state index contributed by atoms with van der Waals surface area (Å²) >= 11 is 6.08. The number of fused-ring (bicyclic) bond motifs is 3. The number of carbonyl (C=O) groups excluding carboxylic acids is 1. The Morgan fingerprint density at radius 1 is 1.25 bits per heavy atom. The van der Waals surface area contributed by atoms with Crippen LogP contribution in [0.3, 0.4) is 0 Å². The van der Waals surface area contributed by atoms with Crippen LogP contribution in [-0.2, 0) is 12.6 Å². The first-order chi connectivity index (χ1) is 13.3. The zero-order valence-corrected chi connectivity index (χ0v) is 15.3. The van der Waals surface area contributed by atoms with Gasteiger partial charge in [0.15, 0.2) is 0 Å². The number of carbonyl (C=O) groups is 1. The quantitative estimate of drug-likeness (QED) is 0.652. The fourth-order valence-electron chi connectivity index (χ4n) is 3.77. The molecule has 8 heteroatoms. The van der Waals surface area contributed by atoms with Gasteiger partial charge in [0.1, 0.15) is 0 Å². The summed E-state index contributed by atoms with van der Waals surface area (Å²) in [5.74, 6) is -0.549. The Balaban J connectivity index is 1.72. The summed E-state index contributed by atoms with van der Waals surface area (Å²) in [6.45, 7) is -0.0645. The maximum absolute atomic E-state index is 13.0. The summed E-state index contributed by atoms with van der Waals surface area (Å²) in [7, 11) is 0. The first kappa shape index (κ1) is 18.8. The third kappa shape index (κ3) is 3.14. The fraction of sp³-hybridized carbons (Fsp3) is 0.250. The number of hydrogen-bond donors (Lipinski definition) is 2. The van der Waals surface area contributed by atoms with Gasteiger partial charge >= 0.3 is 6.18 Å². The molecule has 2 heterocycles. The van der Waals surface area contributed by atoms with Crippen molar-refractivity contribution >= 4 is 28.4 Å². The van der Waals surface area contributed by atoms with Crippen LogP contribution in [0.2, 0.25) is 5.02 Å². The largest absolute Gasteiger partial charge is 0.416 e. The number of amides is 1. The van der Waals surface area contributed by atoms with Gasteiger partial charge in [-0.25, -0.2) is 0 Å².